The number of rotatable bonds is 4. The molecule has 1 fully saturated rings. The first kappa shape index (κ1) is 10.5. The number of hydrogen-bond donors (Lipinski definition) is 0. The van der Waals surface area contributed by atoms with Gasteiger partial charge in [-0.05, 0) is 52.4 Å². The summed E-state index contributed by atoms with van der Waals surface area (Å²) in [6.45, 7) is 0.867. The molecule has 0 amide bonds. The molecule has 1 aliphatic carbocycles. The highest BCUT2D eigenvalue weighted by Gasteiger charge is 2.22. The zero-order valence-electron chi connectivity index (χ0n) is 7.80. The van der Waals surface area contributed by atoms with E-state index in [4.69, 9.17) is 4.74 Å². The van der Waals surface area contributed by atoms with Crippen molar-refractivity contribution in [3.63, 3.8) is 0 Å². The molecule has 0 bridgehead atoms. The highest BCUT2D eigenvalue weighted by Crippen LogP contribution is 2.32. The molecule has 3 heteroatoms. The van der Waals surface area contributed by atoms with Crippen molar-refractivity contribution in [3.05, 3.63) is 28.2 Å². The summed E-state index contributed by atoms with van der Waals surface area (Å²) in [7, 11) is 0. The minimum Gasteiger partial charge on any atom is -0.492 e. The van der Waals surface area contributed by atoms with E-state index in [1.54, 1.807) is 0 Å². The van der Waals surface area contributed by atoms with Crippen molar-refractivity contribution < 1.29 is 4.74 Å². The highest BCUT2D eigenvalue weighted by atomic mass is 79.9. The van der Waals surface area contributed by atoms with E-state index in [0.29, 0.717) is 0 Å². The quantitative estimate of drug-likeness (QED) is 0.758. The summed E-state index contributed by atoms with van der Waals surface area (Å²) in [6.07, 6.45) is 2.66. The summed E-state index contributed by atoms with van der Waals surface area (Å²) in [5, 5.41) is 0.883. The van der Waals surface area contributed by atoms with E-state index in [2.05, 4.69) is 44.0 Å². The van der Waals surface area contributed by atoms with Crippen LogP contribution in [0, 0.1) is 5.92 Å². The lowest BCUT2D eigenvalue weighted by molar-refractivity contribution is 0.298. The summed E-state index contributed by atoms with van der Waals surface area (Å²) < 4.78 is 6.75. The Hall–Kier alpha value is -0.0200. The zero-order chi connectivity index (χ0) is 9.97. The molecule has 0 atom stereocenters. The van der Waals surface area contributed by atoms with Crippen LogP contribution in [0.3, 0.4) is 0 Å². The van der Waals surface area contributed by atoms with Crippen molar-refractivity contribution in [2.45, 2.75) is 18.2 Å². The molecular weight excluding hydrogens is 308 g/mol. The number of halogens is 2. The van der Waals surface area contributed by atoms with Gasteiger partial charge >= 0.3 is 0 Å². The predicted octanol–water partition coefficient (Wildman–Crippen LogP) is 4.13. The fourth-order valence-corrected chi connectivity index (χ4v) is 2.13. The van der Waals surface area contributed by atoms with Gasteiger partial charge in [0.2, 0.25) is 0 Å². The second kappa shape index (κ2) is 4.67. The second-order valence-electron chi connectivity index (χ2n) is 3.65. The van der Waals surface area contributed by atoms with Crippen molar-refractivity contribution in [3.8, 4) is 5.75 Å². The average molecular weight is 320 g/mol. The van der Waals surface area contributed by atoms with Crippen LogP contribution in [-0.4, -0.2) is 6.61 Å². The van der Waals surface area contributed by atoms with Gasteiger partial charge in [0.05, 0.1) is 11.1 Å². The molecule has 1 aliphatic rings. The summed E-state index contributed by atoms with van der Waals surface area (Å²) in [5.41, 5.74) is 1.26. The van der Waals surface area contributed by atoms with Crippen molar-refractivity contribution in [1.82, 2.24) is 0 Å². The van der Waals surface area contributed by atoms with E-state index in [-0.39, 0.29) is 0 Å². The van der Waals surface area contributed by atoms with Crippen LogP contribution < -0.4 is 4.74 Å². The first-order valence-electron chi connectivity index (χ1n) is 4.77. The lowest BCUT2D eigenvalue weighted by Gasteiger charge is -2.08. The minimum atomic E-state index is 0.803. The second-order valence-corrected chi connectivity index (χ2v) is 5.07. The third-order valence-corrected chi connectivity index (χ3v) is 3.59. The molecule has 0 aliphatic heterocycles. The van der Waals surface area contributed by atoms with Gasteiger partial charge in [-0.25, -0.2) is 0 Å². The van der Waals surface area contributed by atoms with Crippen LogP contribution in [0.25, 0.3) is 0 Å². The van der Waals surface area contributed by atoms with E-state index < -0.39 is 0 Å². The third-order valence-electron chi connectivity index (χ3n) is 2.32. The smallest absolute Gasteiger partial charge is 0.133 e. The van der Waals surface area contributed by atoms with E-state index >= 15 is 0 Å². The molecule has 0 aromatic heterocycles. The number of hydrogen-bond acceptors (Lipinski definition) is 1. The summed E-state index contributed by atoms with van der Waals surface area (Å²) in [4.78, 5) is 0. The van der Waals surface area contributed by atoms with Crippen LogP contribution in [0.2, 0.25) is 0 Å². The van der Waals surface area contributed by atoms with Crippen LogP contribution >= 0.6 is 31.9 Å². The molecule has 1 saturated carbocycles. The Morgan fingerprint density at radius 2 is 2.14 bits per heavy atom. The van der Waals surface area contributed by atoms with Gasteiger partial charge in [0, 0.05) is 5.33 Å². The van der Waals surface area contributed by atoms with Crippen molar-refractivity contribution in [1.29, 1.82) is 0 Å². The summed E-state index contributed by atoms with van der Waals surface area (Å²) in [5.74, 6) is 1.76. The van der Waals surface area contributed by atoms with E-state index in [0.717, 1.165) is 28.1 Å². The molecule has 1 aromatic rings. The average Bonchev–Trinajstić information content (AvgIpc) is 2.99. The van der Waals surface area contributed by atoms with Gasteiger partial charge in [0.15, 0.2) is 0 Å². The molecule has 0 heterocycles. The fraction of sp³-hybridized carbons (Fsp3) is 0.455. The van der Waals surface area contributed by atoms with Gasteiger partial charge in [0.1, 0.15) is 5.75 Å². The third kappa shape index (κ3) is 2.74. The number of ether oxygens (including phenoxy) is 1. The van der Waals surface area contributed by atoms with Crippen LogP contribution in [0.1, 0.15) is 18.4 Å². The standard InChI is InChI=1S/C11H12Br2O/c12-6-9-3-4-11(10(13)5-9)14-7-8-1-2-8/h3-5,8H,1-2,6-7H2. The van der Waals surface area contributed by atoms with Crippen LogP contribution in [0.4, 0.5) is 0 Å². The summed E-state index contributed by atoms with van der Waals surface area (Å²) >= 11 is 6.94. The minimum absolute atomic E-state index is 0.803. The van der Waals surface area contributed by atoms with Crippen LogP contribution in [-0.2, 0) is 5.33 Å². The van der Waals surface area contributed by atoms with Crippen LogP contribution in [0.15, 0.2) is 22.7 Å². The van der Waals surface area contributed by atoms with Crippen molar-refractivity contribution in [2.24, 2.45) is 5.92 Å². The first-order valence-corrected chi connectivity index (χ1v) is 6.68. The molecular formula is C11H12Br2O. The van der Waals surface area contributed by atoms with Crippen LogP contribution in [0.5, 0.6) is 5.75 Å². The predicted molar refractivity (Wildman–Crippen MR) is 65.0 cm³/mol. The normalized spacial score (nSPS) is 15.6. The molecule has 14 heavy (non-hydrogen) atoms. The van der Waals surface area contributed by atoms with Crippen molar-refractivity contribution in [2.75, 3.05) is 6.61 Å². The largest absolute Gasteiger partial charge is 0.492 e. The van der Waals surface area contributed by atoms with E-state index in [1.807, 2.05) is 6.07 Å². The molecule has 0 N–H and O–H groups in total. The lowest BCUT2D eigenvalue weighted by atomic mass is 10.2. The van der Waals surface area contributed by atoms with Gasteiger partial charge < -0.3 is 4.74 Å². The first-order chi connectivity index (χ1) is 6.79. The maximum absolute atomic E-state index is 5.70. The SMILES string of the molecule is BrCc1ccc(OCC2CC2)c(Br)c1. The lowest BCUT2D eigenvalue weighted by Crippen LogP contribution is -1.99. The number of alkyl halides is 1. The topological polar surface area (TPSA) is 9.23 Å². The van der Waals surface area contributed by atoms with Gasteiger partial charge in [-0.3, -0.25) is 0 Å². The molecule has 0 unspecified atom stereocenters. The maximum Gasteiger partial charge on any atom is 0.133 e. The Morgan fingerprint density at radius 1 is 1.36 bits per heavy atom. The monoisotopic (exact) mass is 318 g/mol. The molecule has 2 rings (SSSR count). The Morgan fingerprint density at radius 3 is 2.71 bits per heavy atom. The van der Waals surface area contributed by atoms with Gasteiger partial charge in [-0.15, -0.1) is 0 Å². The molecule has 0 radical (unpaired) electrons. The Labute approximate surface area is 101 Å². The van der Waals surface area contributed by atoms with Gasteiger partial charge in [-0.1, -0.05) is 22.0 Å². The van der Waals surface area contributed by atoms with Gasteiger partial charge in [-0.2, -0.15) is 0 Å². The molecule has 76 valence electrons. The van der Waals surface area contributed by atoms with Gasteiger partial charge in [0.25, 0.3) is 0 Å². The Balaban J connectivity index is 2.01. The fourth-order valence-electron chi connectivity index (χ4n) is 1.24. The Kier molecular flexibility index (Phi) is 3.50. The van der Waals surface area contributed by atoms with Crippen molar-refractivity contribution >= 4 is 31.9 Å². The zero-order valence-corrected chi connectivity index (χ0v) is 11.0. The van der Waals surface area contributed by atoms with E-state index in [9.17, 15) is 0 Å². The highest BCUT2D eigenvalue weighted by molar-refractivity contribution is 9.10. The molecule has 0 saturated heterocycles. The Bertz CT molecular complexity index is 321. The molecule has 1 aromatic carbocycles. The maximum atomic E-state index is 5.70. The van der Waals surface area contributed by atoms with E-state index in [1.165, 1.54) is 18.4 Å². The number of benzene rings is 1. The molecule has 0 spiro atoms. The summed E-state index contributed by atoms with van der Waals surface area (Å²) in [6, 6.07) is 6.21. The molecule has 1 nitrogen and oxygen atoms in total.